The molecule has 0 bridgehead atoms. The van der Waals surface area contributed by atoms with Crippen molar-refractivity contribution in [1.82, 2.24) is 0 Å². The number of rotatable bonds is 3. The van der Waals surface area contributed by atoms with Gasteiger partial charge in [-0.3, -0.25) is 0 Å². The lowest BCUT2D eigenvalue weighted by molar-refractivity contribution is -0.139. The Morgan fingerprint density at radius 3 is 2.36 bits per heavy atom. The Morgan fingerprint density at radius 1 is 1.43 bits per heavy atom. The highest BCUT2D eigenvalue weighted by Gasteiger charge is 2.37. The molecule has 1 heterocycles. The molecule has 0 spiro atoms. The smallest absolute Gasteiger partial charge is 0.334 e. The zero-order valence-corrected chi connectivity index (χ0v) is 9.81. The Labute approximate surface area is 86.3 Å². The van der Waals surface area contributed by atoms with Crippen LogP contribution in [-0.2, 0) is 9.53 Å². The van der Waals surface area contributed by atoms with Crippen LogP contribution in [0, 0.1) is 5.41 Å². The minimum atomic E-state index is -0.142. The second-order valence-electron chi connectivity index (χ2n) is 4.72. The Bertz CT molecular complexity index is 274. The molecule has 0 fully saturated rings. The average molecular weight is 196 g/mol. The third kappa shape index (κ3) is 1.84. The molecule has 2 nitrogen and oxygen atoms in total. The summed E-state index contributed by atoms with van der Waals surface area (Å²) < 4.78 is 5.21. The summed E-state index contributed by atoms with van der Waals surface area (Å²) >= 11 is 0. The normalized spacial score (nSPS) is 22.9. The first-order chi connectivity index (χ1) is 6.40. The summed E-state index contributed by atoms with van der Waals surface area (Å²) in [5.41, 5.74) is 2.09. The van der Waals surface area contributed by atoms with E-state index in [-0.39, 0.29) is 17.5 Å². The van der Waals surface area contributed by atoms with Gasteiger partial charge in [-0.25, -0.2) is 4.79 Å². The van der Waals surface area contributed by atoms with E-state index in [0.717, 1.165) is 18.4 Å². The quantitative estimate of drug-likeness (QED) is 0.648. The van der Waals surface area contributed by atoms with Crippen LogP contribution in [-0.4, -0.2) is 12.1 Å². The van der Waals surface area contributed by atoms with E-state index in [1.165, 1.54) is 5.57 Å². The van der Waals surface area contributed by atoms with Crippen LogP contribution in [0.3, 0.4) is 0 Å². The van der Waals surface area contributed by atoms with Crippen molar-refractivity contribution >= 4 is 5.97 Å². The third-order valence-corrected chi connectivity index (χ3v) is 3.00. The molecule has 0 aromatic carbocycles. The number of carbonyl (C=O) groups is 1. The molecule has 0 saturated heterocycles. The van der Waals surface area contributed by atoms with Gasteiger partial charge in [0, 0.05) is 5.57 Å². The average Bonchev–Trinajstić information content (AvgIpc) is 2.26. The molecule has 0 amide bonds. The number of ether oxygens (including phenoxy) is 1. The van der Waals surface area contributed by atoms with E-state index in [4.69, 9.17) is 4.74 Å². The van der Waals surface area contributed by atoms with Crippen LogP contribution < -0.4 is 0 Å². The molecule has 0 saturated carbocycles. The van der Waals surface area contributed by atoms with Gasteiger partial charge >= 0.3 is 5.97 Å². The number of hydrogen-bond acceptors (Lipinski definition) is 2. The Morgan fingerprint density at radius 2 is 2.00 bits per heavy atom. The van der Waals surface area contributed by atoms with Crippen molar-refractivity contribution < 1.29 is 9.53 Å². The second-order valence-corrected chi connectivity index (χ2v) is 4.72. The fraction of sp³-hybridized carbons (Fsp3) is 0.750. The van der Waals surface area contributed by atoms with Crippen molar-refractivity contribution in [3.05, 3.63) is 11.1 Å². The van der Waals surface area contributed by atoms with Gasteiger partial charge in [0.25, 0.3) is 0 Å². The molecule has 0 radical (unpaired) electrons. The van der Waals surface area contributed by atoms with Gasteiger partial charge in [-0.05, 0) is 31.3 Å². The Balaban J connectivity index is 3.01. The van der Waals surface area contributed by atoms with Crippen LogP contribution in [0.1, 0.15) is 47.5 Å². The number of cyclic esters (lactones) is 1. The van der Waals surface area contributed by atoms with E-state index >= 15 is 0 Å². The van der Waals surface area contributed by atoms with Crippen molar-refractivity contribution in [3.8, 4) is 0 Å². The predicted molar refractivity (Wildman–Crippen MR) is 56.9 cm³/mol. The first kappa shape index (κ1) is 11.3. The van der Waals surface area contributed by atoms with Crippen molar-refractivity contribution in [1.29, 1.82) is 0 Å². The molecular weight excluding hydrogens is 176 g/mol. The lowest BCUT2D eigenvalue weighted by Gasteiger charge is -2.28. The van der Waals surface area contributed by atoms with Gasteiger partial charge in [-0.15, -0.1) is 0 Å². The van der Waals surface area contributed by atoms with Gasteiger partial charge in [-0.2, -0.15) is 0 Å². The van der Waals surface area contributed by atoms with E-state index in [2.05, 4.69) is 20.8 Å². The number of hydrogen-bond donors (Lipinski definition) is 0. The zero-order valence-electron chi connectivity index (χ0n) is 9.81. The molecule has 80 valence electrons. The fourth-order valence-corrected chi connectivity index (χ4v) is 2.54. The van der Waals surface area contributed by atoms with E-state index < -0.39 is 0 Å². The summed E-state index contributed by atoms with van der Waals surface area (Å²) in [7, 11) is 0. The molecule has 14 heavy (non-hydrogen) atoms. The molecule has 0 N–H and O–H groups in total. The maximum absolute atomic E-state index is 11.4. The third-order valence-electron chi connectivity index (χ3n) is 3.00. The van der Waals surface area contributed by atoms with Crippen LogP contribution in [0.5, 0.6) is 0 Å². The highest BCUT2D eigenvalue weighted by Crippen LogP contribution is 2.40. The maximum atomic E-state index is 11.4. The van der Waals surface area contributed by atoms with Gasteiger partial charge in [0.1, 0.15) is 6.10 Å². The highest BCUT2D eigenvalue weighted by atomic mass is 16.5. The minimum absolute atomic E-state index is 0.0379. The fourth-order valence-electron chi connectivity index (χ4n) is 2.54. The van der Waals surface area contributed by atoms with Gasteiger partial charge in [0.2, 0.25) is 0 Å². The molecule has 2 heteroatoms. The van der Waals surface area contributed by atoms with Crippen molar-refractivity contribution in [2.75, 3.05) is 0 Å². The van der Waals surface area contributed by atoms with Gasteiger partial charge in [-0.1, -0.05) is 27.2 Å². The predicted octanol–water partition coefficient (Wildman–Crippen LogP) is 3.07. The van der Waals surface area contributed by atoms with Gasteiger partial charge < -0.3 is 4.74 Å². The van der Waals surface area contributed by atoms with Crippen molar-refractivity contribution in [2.45, 2.75) is 53.6 Å². The Kier molecular flexibility index (Phi) is 3.03. The molecular formula is C12H20O2. The first-order valence-electron chi connectivity index (χ1n) is 5.32. The van der Waals surface area contributed by atoms with Crippen LogP contribution in [0.4, 0.5) is 0 Å². The van der Waals surface area contributed by atoms with E-state index in [0.29, 0.717) is 0 Å². The minimum Gasteiger partial charge on any atom is -0.455 e. The summed E-state index contributed by atoms with van der Waals surface area (Å²) in [6.07, 6.45) is 2.19. The Hall–Kier alpha value is -0.790. The molecule has 0 aliphatic carbocycles. The van der Waals surface area contributed by atoms with Crippen LogP contribution in [0.25, 0.3) is 0 Å². The summed E-state index contributed by atoms with van der Waals surface area (Å²) in [6, 6.07) is 0. The highest BCUT2D eigenvalue weighted by molar-refractivity contribution is 5.91. The summed E-state index contributed by atoms with van der Waals surface area (Å²) in [6.45, 7) is 10.4. The summed E-state index contributed by atoms with van der Waals surface area (Å²) in [4.78, 5) is 11.4. The molecule has 1 atom stereocenters. The largest absolute Gasteiger partial charge is 0.455 e. The van der Waals surface area contributed by atoms with Gasteiger partial charge in [0.15, 0.2) is 0 Å². The summed E-state index contributed by atoms with van der Waals surface area (Å²) in [5.74, 6) is -0.142. The SMILES string of the molecule is CCCC(C)(C)C1=C(C)C(=O)OC1C. The van der Waals surface area contributed by atoms with E-state index in [1.54, 1.807) is 0 Å². The molecule has 1 unspecified atom stereocenters. The molecule has 1 aliphatic rings. The lowest BCUT2D eigenvalue weighted by atomic mass is 9.76. The van der Waals surface area contributed by atoms with Crippen molar-refractivity contribution in [3.63, 3.8) is 0 Å². The number of carbonyl (C=O) groups excluding carboxylic acids is 1. The standard InChI is InChI=1S/C12H20O2/c1-6-7-12(4,5)10-8(2)11(13)14-9(10)3/h9H,6-7H2,1-5H3. The van der Waals surface area contributed by atoms with Crippen LogP contribution >= 0.6 is 0 Å². The lowest BCUT2D eigenvalue weighted by Crippen LogP contribution is -2.21. The van der Waals surface area contributed by atoms with Gasteiger partial charge in [0.05, 0.1) is 0 Å². The molecule has 0 aromatic rings. The van der Waals surface area contributed by atoms with Crippen LogP contribution in [0.2, 0.25) is 0 Å². The number of esters is 1. The maximum Gasteiger partial charge on any atom is 0.334 e. The molecule has 0 aromatic heterocycles. The molecule has 1 rings (SSSR count). The summed E-state index contributed by atoms with van der Waals surface area (Å²) in [5, 5.41) is 0. The monoisotopic (exact) mass is 196 g/mol. The van der Waals surface area contributed by atoms with E-state index in [9.17, 15) is 4.79 Å². The zero-order chi connectivity index (χ0) is 10.9. The van der Waals surface area contributed by atoms with Crippen LogP contribution in [0.15, 0.2) is 11.1 Å². The topological polar surface area (TPSA) is 26.3 Å². The molecule has 1 aliphatic heterocycles. The first-order valence-corrected chi connectivity index (χ1v) is 5.32. The van der Waals surface area contributed by atoms with Crippen molar-refractivity contribution in [2.24, 2.45) is 5.41 Å². The second kappa shape index (κ2) is 3.76. The van der Waals surface area contributed by atoms with E-state index in [1.807, 2.05) is 13.8 Å².